The number of amides is 2. The summed E-state index contributed by atoms with van der Waals surface area (Å²) >= 11 is 0. The molecule has 3 rings (SSSR count). The lowest BCUT2D eigenvalue weighted by Crippen LogP contribution is -2.33. The summed E-state index contributed by atoms with van der Waals surface area (Å²) in [5.41, 5.74) is 1.54. The number of pyridine rings is 1. The number of anilines is 1. The molecule has 1 aromatic carbocycles. The Hall–Kier alpha value is -3.99. The summed E-state index contributed by atoms with van der Waals surface area (Å²) in [6.07, 6.45) is 5.46. The Kier molecular flexibility index (Phi) is 7.28. The van der Waals surface area contributed by atoms with E-state index in [1.807, 2.05) is 36.4 Å². The van der Waals surface area contributed by atoms with Gasteiger partial charge in [0, 0.05) is 55.8 Å². The predicted octanol–water partition coefficient (Wildman–Crippen LogP) is 2.61. The molecule has 0 aliphatic rings. The van der Waals surface area contributed by atoms with Gasteiger partial charge in [0.25, 0.3) is 0 Å². The minimum absolute atomic E-state index is 0.0607. The first-order valence-electron chi connectivity index (χ1n) is 9.62. The highest BCUT2D eigenvalue weighted by Gasteiger charge is 2.17. The summed E-state index contributed by atoms with van der Waals surface area (Å²) in [4.78, 5) is 30.8. The molecule has 0 aliphatic heterocycles. The second kappa shape index (κ2) is 10.5. The van der Waals surface area contributed by atoms with Crippen LogP contribution in [-0.4, -0.2) is 33.1 Å². The molecule has 0 aliphatic carbocycles. The zero-order valence-corrected chi connectivity index (χ0v) is 16.4. The van der Waals surface area contributed by atoms with E-state index in [4.69, 9.17) is 5.26 Å². The van der Waals surface area contributed by atoms with Crippen LogP contribution < -0.4 is 10.2 Å². The molecule has 152 valence electrons. The minimum atomic E-state index is -0.230. The second-order valence-corrected chi connectivity index (χ2v) is 6.50. The quantitative estimate of drug-likeness (QED) is 0.592. The molecule has 0 unspecified atom stereocenters. The van der Waals surface area contributed by atoms with Crippen LogP contribution in [0.25, 0.3) is 5.82 Å². The average molecular weight is 402 g/mol. The molecular weight excluding hydrogens is 380 g/mol. The first kappa shape index (κ1) is 20.7. The van der Waals surface area contributed by atoms with Gasteiger partial charge in [-0.3, -0.25) is 9.59 Å². The number of nitriles is 1. The smallest absolute Gasteiger partial charge is 0.227 e. The maximum atomic E-state index is 12.7. The number of hydrogen-bond donors (Lipinski definition) is 1. The number of hydrogen-bond acceptors (Lipinski definition) is 5. The molecule has 0 saturated heterocycles. The number of aromatic nitrogens is 3. The highest BCUT2D eigenvalue weighted by molar-refractivity contribution is 5.95. The van der Waals surface area contributed by atoms with Gasteiger partial charge in [0.05, 0.1) is 12.5 Å². The van der Waals surface area contributed by atoms with Crippen molar-refractivity contribution in [3.05, 3.63) is 72.7 Å². The molecule has 2 heterocycles. The Labute approximate surface area is 174 Å². The van der Waals surface area contributed by atoms with Crippen molar-refractivity contribution in [2.45, 2.75) is 25.8 Å². The van der Waals surface area contributed by atoms with Crippen molar-refractivity contribution in [2.75, 3.05) is 11.4 Å². The molecule has 8 heteroatoms. The molecular formula is C22H22N6O2. The molecule has 1 N–H and O–H groups in total. The van der Waals surface area contributed by atoms with Crippen LogP contribution in [0.15, 0.2) is 67.1 Å². The van der Waals surface area contributed by atoms with Gasteiger partial charge >= 0.3 is 0 Å². The van der Waals surface area contributed by atoms with Crippen molar-refractivity contribution in [3.63, 3.8) is 0 Å². The van der Waals surface area contributed by atoms with Gasteiger partial charge in [-0.25, -0.2) is 9.67 Å². The summed E-state index contributed by atoms with van der Waals surface area (Å²) in [5, 5.41) is 15.9. The predicted molar refractivity (Wildman–Crippen MR) is 111 cm³/mol. The first-order valence-corrected chi connectivity index (χ1v) is 9.62. The van der Waals surface area contributed by atoms with Crippen molar-refractivity contribution in [2.24, 2.45) is 0 Å². The van der Waals surface area contributed by atoms with E-state index >= 15 is 0 Å². The molecule has 3 aromatic rings. The van der Waals surface area contributed by atoms with Crippen LogP contribution in [0.3, 0.4) is 0 Å². The summed E-state index contributed by atoms with van der Waals surface area (Å²) in [7, 11) is 0. The fraction of sp³-hybridized carbons (Fsp3) is 0.227. The second-order valence-electron chi connectivity index (χ2n) is 6.50. The fourth-order valence-corrected chi connectivity index (χ4v) is 2.97. The van der Waals surface area contributed by atoms with Crippen LogP contribution in [0.2, 0.25) is 0 Å². The third-order valence-electron chi connectivity index (χ3n) is 4.45. The van der Waals surface area contributed by atoms with Gasteiger partial charge in [-0.1, -0.05) is 24.3 Å². The van der Waals surface area contributed by atoms with E-state index in [1.54, 1.807) is 40.3 Å². The Balaban J connectivity index is 1.55. The Morgan fingerprint density at radius 1 is 1.07 bits per heavy atom. The van der Waals surface area contributed by atoms with Crippen molar-refractivity contribution < 1.29 is 9.59 Å². The van der Waals surface area contributed by atoms with Crippen molar-refractivity contribution in [1.82, 2.24) is 20.1 Å². The maximum absolute atomic E-state index is 12.7. The van der Waals surface area contributed by atoms with Crippen LogP contribution in [0.4, 0.5) is 5.69 Å². The lowest BCUT2D eigenvalue weighted by Gasteiger charge is -2.21. The van der Waals surface area contributed by atoms with Gasteiger partial charge in [0.2, 0.25) is 11.8 Å². The molecule has 0 saturated carbocycles. The number of benzene rings is 1. The van der Waals surface area contributed by atoms with Crippen LogP contribution in [0.5, 0.6) is 0 Å². The number of carbonyl (C=O) groups excluding carboxylic acids is 2. The lowest BCUT2D eigenvalue weighted by molar-refractivity contribution is -0.125. The Morgan fingerprint density at radius 3 is 2.63 bits per heavy atom. The van der Waals surface area contributed by atoms with Crippen LogP contribution >= 0.6 is 0 Å². The fourth-order valence-electron chi connectivity index (χ4n) is 2.97. The van der Waals surface area contributed by atoms with Crippen molar-refractivity contribution in [1.29, 1.82) is 5.26 Å². The van der Waals surface area contributed by atoms with E-state index in [0.29, 0.717) is 12.4 Å². The zero-order chi connectivity index (χ0) is 21.2. The Bertz CT molecular complexity index is 1010. The number of nitrogens with one attached hydrogen (secondary N) is 1. The van der Waals surface area contributed by atoms with E-state index < -0.39 is 0 Å². The van der Waals surface area contributed by atoms with Crippen molar-refractivity contribution in [3.8, 4) is 11.9 Å². The standard InChI is InChI=1S/C22H22N6O2/c23-12-5-15-27(19-8-2-1-3-9-19)21(30)11-10-20(29)25-17-18-7-4-13-24-22(18)28-16-6-14-26-28/h1-4,6-9,13-14,16H,5,10-11,15,17H2,(H,25,29). The third-order valence-corrected chi connectivity index (χ3v) is 4.45. The molecule has 2 aromatic heterocycles. The van der Waals surface area contributed by atoms with Crippen LogP contribution in [0, 0.1) is 11.3 Å². The number of nitrogens with zero attached hydrogens (tertiary/aromatic N) is 5. The molecule has 0 spiro atoms. The molecule has 2 amide bonds. The van der Waals surface area contributed by atoms with Crippen molar-refractivity contribution >= 4 is 17.5 Å². The SMILES string of the molecule is N#CCCN(C(=O)CCC(=O)NCc1cccnc1-n1cccn1)c1ccccc1. The normalized spacial score (nSPS) is 10.2. The first-order chi connectivity index (χ1) is 14.7. The lowest BCUT2D eigenvalue weighted by atomic mass is 10.2. The Morgan fingerprint density at radius 2 is 1.90 bits per heavy atom. The van der Waals surface area contributed by atoms with Gasteiger partial charge in [0.1, 0.15) is 0 Å². The monoisotopic (exact) mass is 402 g/mol. The molecule has 30 heavy (non-hydrogen) atoms. The van der Waals surface area contributed by atoms with E-state index in [0.717, 1.165) is 11.3 Å². The van der Waals surface area contributed by atoms with E-state index in [2.05, 4.69) is 21.5 Å². The van der Waals surface area contributed by atoms with Gasteiger partial charge in [-0.15, -0.1) is 0 Å². The summed E-state index contributed by atoms with van der Waals surface area (Å²) in [6.45, 7) is 0.580. The minimum Gasteiger partial charge on any atom is -0.352 e. The van der Waals surface area contributed by atoms with Gasteiger partial charge in [-0.05, 0) is 24.3 Å². The van der Waals surface area contributed by atoms with E-state index in [1.165, 1.54) is 0 Å². The van der Waals surface area contributed by atoms with Gasteiger partial charge < -0.3 is 10.2 Å². The molecule has 8 nitrogen and oxygen atoms in total. The summed E-state index contributed by atoms with van der Waals surface area (Å²) < 4.78 is 1.64. The highest BCUT2D eigenvalue weighted by atomic mass is 16.2. The molecule has 0 fully saturated rings. The van der Waals surface area contributed by atoms with Gasteiger partial charge in [0.15, 0.2) is 5.82 Å². The largest absolute Gasteiger partial charge is 0.352 e. The average Bonchev–Trinajstić information content (AvgIpc) is 3.32. The van der Waals surface area contributed by atoms with Gasteiger partial charge in [-0.2, -0.15) is 10.4 Å². The maximum Gasteiger partial charge on any atom is 0.227 e. The number of carbonyl (C=O) groups is 2. The highest BCUT2D eigenvalue weighted by Crippen LogP contribution is 2.16. The summed E-state index contributed by atoms with van der Waals surface area (Å²) in [6, 6.07) is 16.7. The molecule has 0 bridgehead atoms. The third kappa shape index (κ3) is 5.52. The van der Waals surface area contributed by atoms with Crippen LogP contribution in [-0.2, 0) is 16.1 Å². The number of para-hydroxylation sites is 1. The van der Waals surface area contributed by atoms with E-state index in [-0.39, 0.29) is 37.6 Å². The molecule has 0 atom stereocenters. The molecule has 0 radical (unpaired) electrons. The summed E-state index contributed by atoms with van der Waals surface area (Å²) in [5.74, 6) is 0.225. The van der Waals surface area contributed by atoms with E-state index in [9.17, 15) is 9.59 Å². The topological polar surface area (TPSA) is 104 Å². The zero-order valence-electron chi connectivity index (χ0n) is 16.4. The number of rotatable bonds is 9. The van der Waals surface area contributed by atoms with Crippen LogP contribution in [0.1, 0.15) is 24.8 Å².